The quantitative estimate of drug-likeness (QED) is 0.0552. The molecule has 0 unspecified atom stereocenters. The summed E-state index contributed by atoms with van der Waals surface area (Å²) in [5, 5.41) is 8.40. The van der Waals surface area contributed by atoms with Crippen LogP contribution in [0.25, 0.3) is 11.0 Å². The van der Waals surface area contributed by atoms with Crippen LogP contribution < -0.4 is 11.5 Å². The van der Waals surface area contributed by atoms with E-state index < -0.39 is 0 Å². The third-order valence-corrected chi connectivity index (χ3v) is 9.95. The highest BCUT2D eigenvalue weighted by molar-refractivity contribution is 6.30. The highest BCUT2D eigenvalue weighted by atomic mass is 35.5. The van der Waals surface area contributed by atoms with Crippen LogP contribution in [0.5, 0.6) is 0 Å². The van der Waals surface area contributed by atoms with Crippen LogP contribution in [0, 0.1) is 5.41 Å². The minimum absolute atomic E-state index is 0.0519. The summed E-state index contributed by atoms with van der Waals surface area (Å²) in [5.74, 6) is 1.03. The summed E-state index contributed by atoms with van der Waals surface area (Å²) < 4.78 is 2.36. The fourth-order valence-electron chi connectivity index (χ4n) is 6.60. The molecule has 1 aromatic heterocycles. The van der Waals surface area contributed by atoms with Gasteiger partial charge in [0.25, 0.3) is 5.91 Å². The van der Waals surface area contributed by atoms with Crippen LogP contribution in [0.2, 0.25) is 5.02 Å². The lowest BCUT2D eigenvalue weighted by atomic mass is 10.1. The van der Waals surface area contributed by atoms with E-state index in [1.165, 1.54) is 31.2 Å². The van der Waals surface area contributed by atoms with Crippen LogP contribution in [0.4, 0.5) is 0 Å². The van der Waals surface area contributed by atoms with E-state index in [-0.39, 0.29) is 11.7 Å². The van der Waals surface area contributed by atoms with Crippen LogP contribution in [0.15, 0.2) is 91.0 Å². The molecule has 0 radical (unpaired) electrons. The second kappa shape index (κ2) is 19.4. The van der Waals surface area contributed by atoms with Crippen molar-refractivity contribution in [2.45, 2.75) is 85.0 Å². The summed E-state index contributed by atoms with van der Waals surface area (Å²) in [6.45, 7) is 10.1. The molecule has 1 amide bonds. The molecule has 5 aromatic rings. The lowest BCUT2D eigenvalue weighted by Gasteiger charge is -2.23. The molecule has 0 fully saturated rings. The summed E-state index contributed by atoms with van der Waals surface area (Å²) in [6.07, 6.45) is 7.43. The number of carbonyl (C=O) groups excluding carboxylic acids is 1. The van der Waals surface area contributed by atoms with Gasteiger partial charge in [-0.3, -0.25) is 10.2 Å². The summed E-state index contributed by atoms with van der Waals surface area (Å²) in [6, 6.07) is 29.7. The van der Waals surface area contributed by atoms with Crippen molar-refractivity contribution in [3.8, 4) is 0 Å². The van der Waals surface area contributed by atoms with Crippen molar-refractivity contribution in [3.63, 3.8) is 0 Å². The minimum Gasteiger partial charge on any atom is -0.384 e. The second-order valence-corrected chi connectivity index (χ2v) is 14.1. The first kappa shape index (κ1) is 38.7. The van der Waals surface area contributed by atoms with Gasteiger partial charge in [-0.1, -0.05) is 99.0 Å². The number of benzene rings is 4. The number of unbranched alkanes of at least 4 members (excludes halogenated alkanes) is 2. The van der Waals surface area contributed by atoms with E-state index in [1.54, 1.807) is 0 Å². The topological polar surface area (TPSA) is 117 Å². The number of hydrogen-bond acceptors (Lipinski definition) is 5. The lowest BCUT2D eigenvalue weighted by Crippen LogP contribution is -2.30. The second-order valence-electron chi connectivity index (χ2n) is 13.7. The smallest absolute Gasteiger partial charge is 0.254 e. The molecular weight excluding hydrogens is 666 g/mol. The van der Waals surface area contributed by atoms with E-state index >= 15 is 0 Å². The van der Waals surface area contributed by atoms with E-state index in [2.05, 4.69) is 29.4 Å². The van der Waals surface area contributed by atoms with Gasteiger partial charge >= 0.3 is 0 Å². The number of amides is 1. The van der Waals surface area contributed by atoms with E-state index in [0.29, 0.717) is 30.2 Å². The Hall–Kier alpha value is -4.50. The van der Waals surface area contributed by atoms with Crippen LogP contribution in [0.1, 0.15) is 90.0 Å². The molecule has 0 aliphatic carbocycles. The molecule has 0 atom stereocenters. The van der Waals surface area contributed by atoms with Gasteiger partial charge in [0.2, 0.25) is 0 Å². The first-order chi connectivity index (χ1) is 25.3. The third-order valence-electron chi connectivity index (χ3n) is 9.69. The third kappa shape index (κ3) is 10.8. The van der Waals surface area contributed by atoms with Gasteiger partial charge in [0.1, 0.15) is 11.7 Å². The van der Waals surface area contributed by atoms with Crippen LogP contribution in [-0.2, 0) is 39.0 Å². The van der Waals surface area contributed by atoms with Gasteiger partial charge in [-0.25, -0.2) is 4.98 Å². The van der Waals surface area contributed by atoms with Gasteiger partial charge in [0, 0.05) is 48.7 Å². The Bertz CT molecular complexity index is 1880. The molecule has 52 heavy (non-hydrogen) atoms. The van der Waals surface area contributed by atoms with Crippen molar-refractivity contribution < 1.29 is 4.79 Å². The van der Waals surface area contributed by atoms with Gasteiger partial charge < -0.3 is 25.8 Å². The number of carbonyl (C=O) groups is 1. The molecule has 0 spiro atoms. The van der Waals surface area contributed by atoms with E-state index in [9.17, 15) is 4.79 Å². The Morgan fingerprint density at radius 2 is 1.31 bits per heavy atom. The van der Waals surface area contributed by atoms with Crippen molar-refractivity contribution in [1.29, 1.82) is 5.41 Å². The molecule has 4 aromatic carbocycles. The number of halogens is 1. The van der Waals surface area contributed by atoms with Crippen molar-refractivity contribution in [2.24, 2.45) is 11.5 Å². The normalized spacial score (nSPS) is 11.4. The number of imidazole rings is 1. The zero-order valence-corrected chi connectivity index (χ0v) is 31.5. The van der Waals surface area contributed by atoms with Crippen LogP contribution in [0.3, 0.4) is 0 Å². The number of aryl methyl sites for hydroxylation is 3. The van der Waals surface area contributed by atoms with E-state index in [0.717, 1.165) is 84.6 Å². The Morgan fingerprint density at radius 1 is 0.750 bits per heavy atom. The largest absolute Gasteiger partial charge is 0.384 e. The van der Waals surface area contributed by atoms with Crippen molar-refractivity contribution in [2.75, 3.05) is 19.6 Å². The zero-order chi connectivity index (χ0) is 36.9. The molecule has 0 saturated heterocycles. The SMILES string of the molecule is CCCCN(CCCC)CCCn1c(CCc2ccc(C(=N)N)cc2)nc2cc(C(=O)N(Cc3ccc(Cl)cc3)Cc3ccc(CN)cc3)ccc21. The Morgan fingerprint density at radius 3 is 1.90 bits per heavy atom. The molecule has 0 saturated carbocycles. The first-order valence-corrected chi connectivity index (χ1v) is 19.1. The average molecular weight is 720 g/mol. The fraction of sp³-hybridized carbons (Fsp3) is 0.372. The predicted octanol–water partition coefficient (Wildman–Crippen LogP) is 8.35. The van der Waals surface area contributed by atoms with Gasteiger partial charge in [0.05, 0.1) is 11.0 Å². The van der Waals surface area contributed by atoms with Gasteiger partial charge in [-0.2, -0.15) is 0 Å². The summed E-state index contributed by atoms with van der Waals surface area (Å²) in [4.78, 5) is 24.0. The molecule has 1 heterocycles. The number of aromatic nitrogens is 2. The number of nitrogens with one attached hydrogen (secondary N) is 1. The van der Waals surface area contributed by atoms with Crippen molar-refractivity contribution in [1.82, 2.24) is 19.4 Å². The minimum atomic E-state index is -0.0519. The fourth-order valence-corrected chi connectivity index (χ4v) is 6.73. The monoisotopic (exact) mass is 719 g/mol. The molecule has 0 aliphatic rings. The van der Waals surface area contributed by atoms with Crippen LogP contribution >= 0.6 is 11.6 Å². The number of rotatable bonds is 20. The maximum absolute atomic E-state index is 14.3. The summed E-state index contributed by atoms with van der Waals surface area (Å²) >= 11 is 6.18. The van der Waals surface area contributed by atoms with Gasteiger partial charge in [0.15, 0.2) is 0 Å². The number of hydrogen-bond donors (Lipinski definition) is 3. The highest BCUT2D eigenvalue weighted by Crippen LogP contribution is 2.23. The Labute approximate surface area is 314 Å². The van der Waals surface area contributed by atoms with Crippen molar-refractivity contribution >= 4 is 34.4 Å². The maximum Gasteiger partial charge on any atom is 0.254 e. The number of nitrogens with two attached hydrogens (primary N) is 2. The van der Waals surface area contributed by atoms with E-state index in [4.69, 9.17) is 33.5 Å². The first-order valence-electron chi connectivity index (χ1n) is 18.7. The maximum atomic E-state index is 14.3. The van der Waals surface area contributed by atoms with Crippen molar-refractivity contribution in [3.05, 3.63) is 135 Å². The predicted molar refractivity (Wildman–Crippen MR) is 215 cm³/mol. The molecule has 9 heteroatoms. The molecule has 5 N–H and O–H groups in total. The lowest BCUT2D eigenvalue weighted by molar-refractivity contribution is 0.0730. The molecule has 0 bridgehead atoms. The number of nitrogen functional groups attached to an aromatic ring is 1. The standard InChI is InChI=1S/C43H54ClN7O/c1-3-5-24-49(25-6-4-2)26-7-27-51-40-22-19-37(28-39(40)48-41(51)23-16-32-12-17-36(18-13-32)42(46)47)43(52)50(31-35-14-20-38(44)21-15-35)30-34-10-8-33(29-45)9-11-34/h8-15,17-22,28H,3-7,16,23-27,29-31,45H2,1-2H3,(H3,46,47). The summed E-state index contributed by atoms with van der Waals surface area (Å²) in [5.41, 5.74) is 19.0. The number of fused-ring (bicyclic) bond motifs is 1. The Balaban J connectivity index is 1.42. The van der Waals surface area contributed by atoms with E-state index in [1.807, 2.05) is 89.8 Å². The van der Waals surface area contributed by atoms with Gasteiger partial charge in [-0.15, -0.1) is 0 Å². The van der Waals surface area contributed by atoms with Gasteiger partial charge in [-0.05, 0) is 97.9 Å². The molecular formula is C43H54ClN7O. The van der Waals surface area contributed by atoms with Crippen LogP contribution in [-0.4, -0.2) is 50.7 Å². The number of nitrogens with zero attached hydrogens (tertiary/aromatic N) is 4. The average Bonchev–Trinajstić information content (AvgIpc) is 3.51. The molecule has 0 aliphatic heterocycles. The molecule has 5 rings (SSSR count). The summed E-state index contributed by atoms with van der Waals surface area (Å²) in [7, 11) is 0. The molecule has 274 valence electrons. The number of amidine groups is 1. The zero-order valence-electron chi connectivity index (χ0n) is 30.8. The Kier molecular flexibility index (Phi) is 14.4. The highest BCUT2D eigenvalue weighted by Gasteiger charge is 2.20. The molecule has 8 nitrogen and oxygen atoms in total.